The smallest absolute Gasteiger partial charge is 0.291 e. The molecular formula is C26H29N5O2. The van der Waals surface area contributed by atoms with Gasteiger partial charge in [0.25, 0.3) is 5.56 Å². The molecule has 1 saturated heterocycles. The average Bonchev–Trinajstić information content (AvgIpc) is 3.43. The van der Waals surface area contributed by atoms with Crippen molar-refractivity contribution in [1.29, 1.82) is 0 Å². The number of nitrogens with one attached hydrogen (secondary N) is 1. The maximum atomic E-state index is 13.5. The van der Waals surface area contributed by atoms with Gasteiger partial charge in [-0.1, -0.05) is 55.5 Å². The SMILES string of the molecule is CCN1CCC[C@H]1CNC(=O)Cn1ncc2c3ccccc3n(Cc3ccccc3)c2c1=O. The molecule has 0 spiro atoms. The van der Waals surface area contributed by atoms with Crippen LogP contribution in [0.15, 0.2) is 65.6 Å². The molecule has 1 N–H and O–H groups in total. The molecule has 4 aromatic rings. The first-order valence-electron chi connectivity index (χ1n) is 11.7. The van der Waals surface area contributed by atoms with E-state index in [2.05, 4.69) is 34.4 Å². The summed E-state index contributed by atoms with van der Waals surface area (Å²) in [6.07, 6.45) is 3.97. The zero-order valence-corrected chi connectivity index (χ0v) is 18.9. The second-order valence-corrected chi connectivity index (χ2v) is 8.69. The molecule has 1 atom stereocenters. The minimum atomic E-state index is -0.245. The van der Waals surface area contributed by atoms with Gasteiger partial charge in [-0.2, -0.15) is 5.10 Å². The number of fused-ring (bicyclic) bond motifs is 3. The molecule has 0 unspecified atom stereocenters. The van der Waals surface area contributed by atoms with Crippen LogP contribution in [0.2, 0.25) is 0 Å². The second-order valence-electron chi connectivity index (χ2n) is 8.69. The number of aromatic nitrogens is 3. The number of carbonyl (C=O) groups excluding carboxylic acids is 1. The van der Waals surface area contributed by atoms with Gasteiger partial charge in [-0.3, -0.25) is 14.5 Å². The molecule has 0 radical (unpaired) electrons. The number of amides is 1. The fraction of sp³-hybridized carbons (Fsp3) is 0.346. The summed E-state index contributed by atoms with van der Waals surface area (Å²) in [5, 5.41) is 9.16. The maximum absolute atomic E-state index is 13.5. The predicted octanol–water partition coefficient (Wildman–Crippen LogP) is 3.00. The molecule has 1 fully saturated rings. The third-order valence-corrected chi connectivity index (χ3v) is 6.69. The van der Waals surface area contributed by atoms with Gasteiger partial charge in [0.2, 0.25) is 5.91 Å². The molecule has 5 rings (SSSR count). The van der Waals surface area contributed by atoms with Crippen molar-refractivity contribution in [3.63, 3.8) is 0 Å². The molecule has 1 aliphatic heterocycles. The van der Waals surface area contributed by atoms with Crippen molar-refractivity contribution in [3.05, 3.63) is 76.7 Å². The van der Waals surface area contributed by atoms with Gasteiger partial charge in [0.15, 0.2) is 0 Å². The van der Waals surface area contributed by atoms with Crippen LogP contribution in [0.25, 0.3) is 21.8 Å². The maximum Gasteiger partial charge on any atom is 0.291 e. The molecule has 1 aliphatic rings. The molecule has 7 nitrogen and oxygen atoms in total. The highest BCUT2D eigenvalue weighted by atomic mass is 16.2. The van der Waals surface area contributed by atoms with E-state index in [9.17, 15) is 9.59 Å². The Hall–Kier alpha value is -3.45. The lowest BCUT2D eigenvalue weighted by molar-refractivity contribution is -0.122. The molecule has 1 amide bonds. The van der Waals surface area contributed by atoms with Gasteiger partial charge in [0.1, 0.15) is 12.1 Å². The van der Waals surface area contributed by atoms with Crippen molar-refractivity contribution in [3.8, 4) is 0 Å². The van der Waals surface area contributed by atoms with E-state index in [-0.39, 0.29) is 18.0 Å². The van der Waals surface area contributed by atoms with Gasteiger partial charge in [-0.25, -0.2) is 4.68 Å². The number of likely N-dealkylation sites (tertiary alicyclic amines) is 1. The summed E-state index contributed by atoms with van der Waals surface area (Å²) in [6.45, 7) is 5.32. The summed E-state index contributed by atoms with van der Waals surface area (Å²) in [7, 11) is 0. The minimum Gasteiger partial charge on any atom is -0.353 e. The molecule has 0 saturated carbocycles. The van der Waals surface area contributed by atoms with E-state index in [4.69, 9.17) is 0 Å². The van der Waals surface area contributed by atoms with E-state index in [1.807, 2.05) is 47.0 Å². The molecule has 3 heterocycles. The Balaban J connectivity index is 1.45. The Bertz CT molecular complexity index is 1340. The van der Waals surface area contributed by atoms with Crippen LogP contribution in [0.5, 0.6) is 0 Å². The van der Waals surface area contributed by atoms with Crippen molar-refractivity contribution >= 4 is 27.7 Å². The third-order valence-electron chi connectivity index (χ3n) is 6.69. The highest BCUT2D eigenvalue weighted by molar-refractivity contribution is 6.07. The number of rotatable bonds is 7. The van der Waals surface area contributed by atoms with Crippen LogP contribution in [0.4, 0.5) is 0 Å². The second kappa shape index (κ2) is 9.19. The van der Waals surface area contributed by atoms with Crippen LogP contribution < -0.4 is 10.9 Å². The van der Waals surface area contributed by atoms with E-state index in [0.717, 1.165) is 47.8 Å². The molecule has 2 aromatic carbocycles. The fourth-order valence-corrected chi connectivity index (χ4v) is 5.00. The number of benzene rings is 2. The van der Waals surface area contributed by atoms with Crippen LogP contribution in [-0.2, 0) is 17.9 Å². The summed E-state index contributed by atoms with van der Waals surface area (Å²) in [4.78, 5) is 28.5. The van der Waals surface area contributed by atoms with Gasteiger partial charge in [0, 0.05) is 35.4 Å². The van der Waals surface area contributed by atoms with Crippen LogP contribution in [0, 0.1) is 0 Å². The molecule has 33 heavy (non-hydrogen) atoms. The van der Waals surface area contributed by atoms with E-state index < -0.39 is 0 Å². The van der Waals surface area contributed by atoms with E-state index in [1.165, 1.54) is 4.68 Å². The van der Waals surface area contributed by atoms with Crippen LogP contribution in [0.3, 0.4) is 0 Å². The Morgan fingerprint density at radius 1 is 1.09 bits per heavy atom. The summed E-state index contributed by atoms with van der Waals surface area (Å²) >= 11 is 0. The summed E-state index contributed by atoms with van der Waals surface area (Å²) in [6, 6.07) is 18.4. The van der Waals surface area contributed by atoms with Crippen molar-refractivity contribution in [2.24, 2.45) is 0 Å². The van der Waals surface area contributed by atoms with Crippen LogP contribution >= 0.6 is 0 Å². The Labute approximate surface area is 192 Å². The van der Waals surface area contributed by atoms with E-state index in [0.29, 0.717) is 24.6 Å². The van der Waals surface area contributed by atoms with Gasteiger partial charge in [-0.05, 0) is 37.6 Å². The van der Waals surface area contributed by atoms with Gasteiger partial charge in [0.05, 0.1) is 6.20 Å². The lowest BCUT2D eigenvalue weighted by atomic mass is 10.2. The fourth-order valence-electron chi connectivity index (χ4n) is 5.00. The number of likely N-dealkylation sites (N-methyl/N-ethyl adjacent to an activating group) is 1. The topological polar surface area (TPSA) is 72.2 Å². The first-order chi connectivity index (χ1) is 16.2. The summed E-state index contributed by atoms with van der Waals surface area (Å²) in [5.41, 5.74) is 2.43. The lowest BCUT2D eigenvalue weighted by Gasteiger charge is -2.22. The number of carbonyl (C=O) groups is 1. The Morgan fingerprint density at radius 2 is 1.88 bits per heavy atom. The van der Waals surface area contributed by atoms with Crippen LogP contribution in [-0.4, -0.2) is 50.8 Å². The number of nitrogens with zero attached hydrogens (tertiary/aromatic N) is 4. The molecular weight excluding hydrogens is 414 g/mol. The van der Waals surface area contributed by atoms with Gasteiger partial charge < -0.3 is 9.88 Å². The average molecular weight is 444 g/mol. The van der Waals surface area contributed by atoms with Crippen molar-refractivity contribution in [2.75, 3.05) is 19.6 Å². The van der Waals surface area contributed by atoms with Crippen molar-refractivity contribution in [2.45, 2.75) is 38.9 Å². The molecule has 7 heteroatoms. The number of para-hydroxylation sites is 1. The quantitative estimate of drug-likeness (QED) is 0.477. The monoisotopic (exact) mass is 443 g/mol. The molecule has 0 bridgehead atoms. The standard InChI is InChI=1S/C26H29N5O2/c1-2-29-14-8-11-20(29)15-27-24(32)18-31-26(33)25-22(16-28-31)21-12-6-7-13-23(21)30(25)17-19-9-4-3-5-10-19/h3-7,9-10,12-13,16,20H,2,8,11,14-15,17-18H2,1H3,(H,27,32)/t20-/m0/s1. The van der Waals surface area contributed by atoms with Crippen LogP contribution in [0.1, 0.15) is 25.3 Å². The lowest BCUT2D eigenvalue weighted by Crippen LogP contribution is -2.42. The van der Waals surface area contributed by atoms with Gasteiger partial charge >= 0.3 is 0 Å². The summed E-state index contributed by atoms with van der Waals surface area (Å²) in [5.74, 6) is -0.183. The molecule has 170 valence electrons. The molecule has 0 aliphatic carbocycles. The predicted molar refractivity (Wildman–Crippen MR) is 130 cm³/mol. The highest BCUT2D eigenvalue weighted by Crippen LogP contribution is 2.27. The van der Waals surface area contributed by atoms with Gasteiger partial charge in [-0.15, -0.1) is 0 Å². The first-order valence-corrected chi connectivity index (χ1v) is 11.7. The third kappa shape index (κ3) is 4.16. The first kappa shape index (κ1) is 21.4. The Kier molecular flexibility index (Phi) is 5.96. The zero-order valence-electron chi connectivity index (χ0n) is 18.9. The minimum absolute atomic E-state index is 0.0829. The van der Waals surface area contributed by atoms with Crippen molar-refractivity contribution < 1.29 is 4.79 Å². The summed E-state index contributed by atoms with van der Waals surface area (Å²) < 4.78 is 3.32. The Morgan fingerprint density at radius 3 is 2.70 bits per heavy atom. The molecule has 2 aromatic heterocycles. The normalized spacial score (nSPS) is 16.6. The zero-order chi connectivity index (χ0) is 22.8. The van der Waals surface area contributed by atoms with E-state index in [1.54, 1.807) is 6.20 Å². The van der Waals surface area contributed by atoms with E-state index >= 15 is 0 Å². The number of hydrogen-bond acceptors (Lipinski definition) is 4. The number of hydrogen-bond donors (Lipinski definition) is 1. The van der Waals surface area contributed by atoms with Crippen molar-refractivity contribution in [1.82, 2.24) is 24.6 Å². The largest absolute Gasteiger partial charge is 0.353 e. The highest BCUT2D eigenvalue weighted by Gasteiger charge is 2.23.